The number of nitrogens with one attached hydrogen (secondary N) is 3. The van der Waals surface area contributed by atoms with Crippen LogP contribution in [0.25, 0.3) is 0 Å². The summed E-state index contributed by atoms with van der Waals surface area (Å²) in [6, 6.07) is 4.60. The molecule has 11 nitrogen and oxygen atoms in total. The van der Waals surface area contributed by atoms with Crippen LogP contribution in [0.15, 0.2) is 30.3 Å². The van der Waals surface area contributed by atoms with Crippen molar-refractivity contribution < 1.29 is 29.1 Å². The van der Waals surface area contributed by atoms with Crippen LogP contribution in [-0.2, 0) is 30.4 Å². The first kappa shape index (κ1) is 30.6. The topological polar surface area (TPSA) is 194 Å². The highest BCUT2D eigenvalue weighted by molar-refractivity contribution is 5.96. The predicted molar refractivity (Wildman–Crippen MR) is 134 cm³/mol. The van der Waals surface area contributed by atoms with Crippen LogP contribution >= 0.6 is 0 Å². The summed E-state index contributed by atoms with van der Waals surface area (Å²) in [5.41, 5.74) is 12.2. The van der Waals surface area contributed by atoms with Crippen molar-refractivity contribution in [1.29, 1.82) is 0 Å². The van der Waals surface area contributed by atoms with E-state index in [2.05, 4.69) is 16.0 Å². The smallest absolute Gasteiger partial charge is 0.326 e. The molecule has 36 heavy (non-hydrogen) atoms. The molecule has 0 spiro atoms. The third-order valence-corrected chi connectivity index (χ3v) is 5.79. The van der Waals surface area contributed by atoms with E-state index in [4.69, 9.17) is 11.5 Å². The van der Waals surface area contributed by atoms with Gasteiger partial charge in [-0.15, -0.1) is 0 Å². The molecule has 0 fully saturated rings. The summed E-state index contributed by atoms with van der Waals surface area (Å²) >= 11 is 0. The van der Waals surface area contributed by atoms with Crippen molar-refractivity contribution in [2.75, 3.05) is 0 Å². The van der Waals surface area contributed by atoms with E-state index in [-0.39, 0.29) is 24.7 Å². The van der Waals surface area contributed by atoms with Gasteiger partial charge in [0.2, 0.25) is 23.6 Å². The molecule has 11 heteroatoms. The van der Waals surface area contributed by atoms with Crippen molar-refractivity contribution in [1.82, 2.24) is 16.0 Å². The highest BCUT2D eigenvalue weighted by Gasteiger charge is 2.33. The molecule has 0 aromatic heterocycles. The molecule has 5 unspecified atom stereocenters. The van der Waals surface area contributed by atoms with Crippen LogP contribution in [0, 0.1) is 11.8 Å². The molecule has 200 valence electrons. The van der Waals surface area contributed by atoms with Gasteiger partial charge in [0.05, 0.1) is 12.5 Å². The maximum absolute atomic E-state index is 13.1. The average Bonchev–Trinajstić information content (AvgIpc) is 2.80. The van der Waals surface area contributed by atoms with Crippen molar-refractivity contribution in [2.24, 2.45) is 23.3 Å². The van der Waals surface area contributed by atoms with Gasteiger partial charge in [-0.05, 0) is 30.2 Å². The molecule has 0 aliphatic carbocycles. The third kappa shape index (κ3) is 10.4. The lowest BCUT2D eigenvalue weighted by molar-refractivity contribution is -0.143. The van der Waals surface area contributed by atoms with Gasteiger partial charge in [-0.3, -0.25) is 19.2 Å². The zero-order chi connectivity index (χ0) is 27.4. The fourth-order valence-electron chi connectivity index (χ4n) is 3.56. The van der Waals surface area contributed by atoms with Crippen molar-refractivity contribution in [2.45, 2.75) is 77.5 Å². The Balaban J connectivity index is 2.99. The number of carbonyl (C=O) groups is 5. The van der Waals surface area contributed by atoms with Crippen LogP contribution in [-0.4, -0.2) is 58.9 Å². The van der Waals surface area contributed by atoms with Crippen LogP contribution in [0.1, 0.15) is 52.5 Å². The molecule has 0 saturated heterocycles. The number of aliphatic carboxylic acids is 1. The van der Waals surface area contributed by atoms with Gasteiger partial charge in [0.15, 0.2) is 0 Å². The van der Waals surface area contributed by atoms with E-state index in [1.165, 1.54) is 0 Å². The second-order valence-corrected chi connectivity index (χ2v) is 9.43. The van der Waals surface area contributed by atoms with Crippen LogP contribution in [0.5, 0.6) is 0 Å². The van der Waals surface area contributed by atoms with Crippen molar-refractivity contribution in [3.63, 3.8) is 0 Å². The summed E-state index contributed by atoms with van der Waals surface area (Å²) in [7, 11) is 0. The molecule has 1 aromatic rings. The number of primary amides is 1. The summed E-state index contributed by atoms with van der Waals surface area (Å²) in [5, 5.41) is 16.9. The van der Waals surface area contributed by atoms with Gasteiger partial charge >= 0.3 is 5.97 Å². The van der Waals surface area contributed by atoms with Crippen LogP contribution < -0.4 is 27.4 Å². The van der Waals surface area contributed by atoms with Crippen molar-refractivity contribution in [3.8, 4) is 0 Å². The normalized spacial score (nSPS) is 15.2. The maximum atomic E-state index is 13.1. The summed E-state index contributed by atoms with van der Waals surface area (Å²) < 4.78 is 0. The number of amides is 4. The highest BCUT2D eigenvalue weighted by Crippen LogP contribution is 2.11. The molecule has 0 radical (unpaired) electrons. The van der Waals surface area contributed by atoms with Crippen molar-refractivity contribution >= 4 is 29.6 Å². The molecule has 4 amide bonds. The molecule has 0 aliphatic heterocycles. The first-order valence-corrected chi connectivity index (χ1v) is 12.1. The van der Waals surface area contributed by atoms with Gasteiger partial charge in [-0.2, -0.15) is 0 Å². The SMILES string of the molecule is CCC(C)C(NC(=O)C(N)Cc1ccccc1)C(=O)NC(CC(N)=O)C(=O)NC(CC(C)C)C(=O)O. The van der Waals surface area contributed by atoms with E-state index >= 15 is 0 Å². The Morgan fingerprint density at radius 1 is 0.889 bits per heavy atom. The largest absolute Gasteiger partial charge is 0.480 e. The van der Waals surface area contributed by atoms with Crippen LogP contribution in [0.2, 0.25) is 0 Å². The summed E-state index contributed by atoms with van der Waals surface area (Å²) in [6.45, 7) is 7.18. The minimum absolute atomic E-state index is 0.0272. The second-order valence-electron chi connectivity index (χ2n) is 9.43. The van der Waals surface area contributed by atoms with Crippen molar-refractivity contribution in [3.05, 3.63) is 35.9 Å². The second kappa shape index (κ2) is 14.8. The third-order valence-electron chi connectivity index (χ3n) is 5.79. The maximum Gasteiger partial charge on any atom is 0.326 e. The van der Waals surface area contributed by atoms with Gasteiger partial charge in [0.1, 0.15) is 18.1 Å². The average molecular weight is 506 g/mol. The van der Waals surface area contributed by atoms with Gasteiger partial charge in [0, 0.05) is 0 Å². The van der Waals surface area contributed by atoms with E-state index in [0.29, 0.717) is 6.42 Å². The summed E-state index contributed by atoms with van der Waals surface area (Å²) in [6.07, 6.45) is 0.401. The number of carboxylic acid groups (broad SMARTS) is 1. The number of hydrogen-bond acceptors (Lipinski definition) is 6. The minimum Gasteiger partial charge on any atom is -0.480 e. The Morgan fingerprint density at radius 3 is 1.97 bits per heavy atom. The van der Waals surface area contributed by atoms with Gasteiger partial charge in [-0.1, -0.05) is 64.4 Å². The fraction of sp³-hybridized carbons (Fsp3) is 0.560. The number of carbonyl (C=O) groups excluding carboxylic acids is 4. The van der Waals surface area contributed by atoms with Gasteiger partial charge in [-0.25, -0.2) is 4.79 Å². The molecule has 0 saturated carbocycles. The number of nitrogens with two attached hydrogens (primary N) is 2. The zero-order valence-electron chi connectivity index (χ0n) is 21.3. The Bertz CT molecular complexity index is 907. The molecular weight excluding hydrogens is 466 g/mol. The highest BCUT2D eigenvalue weighted by atomic mass is 16.4. The molecule has 0 aliphatic rings. The number of benzene rings is 1. The van der Waals surface area contributed by atoms with E-state index in [1.807, 2.05) is 37.3 Å². The monoisotopic (exact) mass is 505 g/mol. The van der Waals surface area contributed by atoms with Gasteiger partial charge < -0.3 is 32.5 Å². The lowest BCUT2D eigenvalue weighted by atomic mass is 9.96. The molecule has 0 bridgehead atoms. The Hall–Kier alpha value is -3.47. The van der Waals surface area contributed by atoms with E-state index in [9.17, 15) is 29.1 Å². The molecule has 1 rings (SSSR count). The summed E-state index contributed by atoms with van der Waals surface area (Å²) in [5.74, 6) is -4.56. The van der Waals surface area contributed by atoms with E-state index < -0.39 is 60.2 Å². The number of carboxylic acids is 1. The summed E-state index contributed by atoms with van der Waals surface area (Å²) in [4.78, 5) is 61.8. The Labute approximate surface area is 211 Å². The standard InChI is InChI=1S/C25H39N5O6/c1-5-15(4)21(30-22(32)17(26)12-16-9-7-6-8-10-16)24(34)28-18(13-20(27)31)23(33)29-19(25(35)36)11-14(2)3/h6-10,14-15,17-19,21H,5,11-13,26H2,1-4H3,(H2,27,31)(H,28,34)(H,29,33)(H,30,32)(H,35,36). The molecule has 0 heterocycles. The predicted octanol–water partition coefficient (Wildman–Crippen LogP) is 0.0630. The van der Waals surface area contributed by atoms with Crippen LogP contribution in [0.4, 0.5) is 0 Å². The first-order valence-electron chi connectivity index (χ1n) is 12.1. The Morgan fingerprint density at radius 2 is 1.47 bits per heavy atom. The number of rotatable bonds is 15. The minimum atomic E-state index is -1.41. The van der Waals surface area contributed by atoms with Crippen LogP contribution in [0.3, 0.4) is 0 Å². The molecular formula is C25H39N5O6. The number of hydrogen-bond donors (Lipinski definition) is 6. The van der Waals surface area contributed by atoms with E-state index in [0.717, 1.165) is 5.56 Å². The quantitative estimate of drug-likeness (QED) is 0.194. The fourth-order valence-corrected chi connectivity index (χ4v) is 3.56. The van der Waals surface area contributed by atoms with E-state index in [1.54, 1.807) is 20.8 Å². The zero-order valence-corrected chi connectivity index (χ0v) is 21.3. The molecule has 5 atom stereocenters. The lowest BCUT2D eigenvalue weighted by Crippen LogP contribution is -2.59. The molecule has 8 N–H and O–H groups in total. The lowest BCUT2D eigenvalue weighted by Gasteiger charge is -2.28. The molecule has 1 aromatic carbocycles. The first-order chi connectivity index (χ1) is 16.8. The van der Waals surface area contributed by atoms with Gasteiger partial charge in [0.25, 0.3) is 0 Å². The Kier molecular flexibility index (Phi) is 12.6.